The summed E-state index contributed by atoms with van der Waals surface area (Å²) in [6, 6.07) is 3.58. The Balaban J connectivity index is 4.74. The summed E-state index contributed by atoms with van der Waals surface area (Å²) in [5.41, 5.74) is 0. The van der Waals surface area contributed by atoms with Gasteiger partial charge in [0.2, 0.25) is 0 Å². The Labute approximate surface area is 76.8 Å². The molecule has 0 aliphatic carbocycles. The first-order valence-corrected chi connectivity index (χ1v) is 3.82. The van der Waals surface area contributed by atoms with Gasteiger partial charge in [-0.25, -0.2) is 0 Å². The molecule has 0 spiro atoms. The number of ketones is 2. The summed E-state index contributed by atoms with van der Waals surface area (Å²) in [7, 11) is 0. The number of hydrogen-bond acceptors (Lipinski definition) is 4. The number of Topliss-reactive ketones (excluding diaryl/α,β-unsaturated/α-hetero) is 2. The molecule has 0 aromatic carbocycles. The van der Waals surface area contributed by atoms with Crippen LogP contribution in [0.25, 0.3) is 0 Å². The molecular formula is C9H10N2O2. The summed E-state index contributed by atoms with van der Waals surface area (Å²) < 4.78 is 0. The summed E-state index contributed by atoms with van der Waals surface area (Å²) in [6.45, 7) is 2.52. The minimum absolute atomic E-state index is 0.0830. The standard InChI is InChI=1S/C9H10N2O2/c1-6(12)9(7(2)13)8(5-11)3-4-10/h8-9H,3H2,1-2H3. The number of carbonyl (C=O) groups excluding carboxylic acids is 2. The van der Waals surface area contributed by atoms with E-state index >= 15 is 0 Å². The third-order valence-electron chi connectivity index (χ3n) is 1.76. The fourth-order valence-electron chi connectivity index (χ4n) is 1.19. The first-order chi connectivity index (χ1) is 6.04. The van der Waals surface area contributed by atoms with E-state index in [4.69, 9.17) is 10.5 Å². The predicted octanol–water partition coefficient (Wildman–Crippen LogP) is 0.834. The average molecular weight is 178 g/mol. The molecule has 13 heavy (non-hydrogen) atoms. The third-order valence-corrected chi connectivity index (χ3v) is 1.76. The topological polar surface area (TPSA) is 81.7 Å². The van der Waals surface area contributed by atoms with Crippen molar-refractivity contribution >= 4 is 11.6 Å². The van der Waals surface area contributed by atoms with Crippen LogP contribution < -0.4 is 0 Å². The van der Waals surface area contributed by atoms with Crippen molar-refractivity contribution in [2.45, 2.75) is 20.3 Å². The van der Waals surface area contributed by atoms with Gasteiger partial charge in [0.25, 0.3) is 0 Å². The Morgan fingerprint density at radius 2 is 1.69 bits per heavy atom. The molecular weight excluding hydrogens is 168 g/mol. The van der Waals surface area contributed by atoms with Gasteiger partial charge in [-0.3, -0.25) is 9.59 Å². The van der Waals surface area contributed by atoms with Crippen molar-refractivity contribution in [3.63, 3.8) is 0 Å². The van der Waals surface area contributed by atoms with Crippen molar-refractivity contribution in [3.8, 4) is 12.1 Å². The molecule has 0 fully saturated rings. The molecule has 0 saturated carbocycles. The maximum Gasteiger partial charge on any atom is 0.141 e. The molecule has 0 saturated heterocycles. The summed E-state index contributed by atoms with van der Waals surface area (Å²) in [6.07, 6.45) is -0.0830. The van der Waals surface area contributed by atoms with Crippen molar-refractivity contribution in [1.82, 2.24) is 0 Å². The zero-order valence-electron chi connectivity index (χ0n) is 7.57. The number of nitrogens with zero attached hydrogens (tertiary/aromatic N) is 2. The minimum atomic E-state index is -0.940. The molecule has 1 atom stereocenters. The third kappa shape index (κ3) is 3.04. The Morgan fingerprint density at radius 3 is 1.92 bits per heavy atom. The summed E-state index contributed by atoms with van der Waals surface area (Å²) in [5.74, 6) is -2.45. The average Bonchev–Trinajstić information content (AvgIpc) is 2.02. The van der Waals surface area contributed by atoms with Crippen molar-refractivity contribution in [2.24, 2.45) is 11.8 Å². The van der Waals surface area contributed by atoms with E-state index in [-0.39, 0.29) is 18.0 Å². The van der Waals surface area contributed by atoms with Crippen LogP contribution in [-0.4, -0.2) is 11.6 Å². The Hall–Kier alpha value is -1.68. The fraction of sp³-hybridized carbons (Fsp3) is 0.556. The molecule has 0 radical (unpaired) electrons. The normalized spacial score (nSPS) is 11.5. The zero-order chi connectivity index (χ0) is 10.4. The fourth-order valence-corrected chi connectivity index (χ4v) is 1.19. The van der Waals surface area contributed by atoms with Crippen molar-refractivity contribution < 1.29 is 9.59 Å². The lowest BCUT2D eigenvalue weighted by Crippen LogP contribution is -2.27. The smallest absolute Gasteiger partial charge is 0.141 e. The van der Waals surface area contributed by atoms with E-state index in [1.807, 2.05) is 0 Å². The van der Waals surface area contributed by atoms with Crippen LogP contribution in [0.15, 0.2) is 0 Å². The molecule has 68 valence electrons. The molecule has 0 aliphatic heterocycles. The molecule has 1 unspecified atom stereocenters. The Bertz CT molecular complexity index is 282. The van der Waals surface area contributed by atoms with Crippen LogP contribution in [0, 0.1) is 34.5 Å². The second-order valence-corrected chi connectivity index (χ2v) is 2.80. The summed E-state index contributed by atoms with van der Waals surface area (Å²) >= 11 is 0. The van der Waals surface area contributed by atoms with Crippen LogP contribution in [0.3, 0.4) is 0 Å². The van der Waals surface area contributed by atoms with Gasteiger partial charge in [-0.05, 0) is 13.8 Å². The van der Waals surface area contributed by atoms with E-state index in [2.05, 4.69) is 0 Å². The molecule has 0 aromatic heterocycles. The number of hydrogen-bond donors (Lipinski definition) is 0. The van der Waals surface area contributed by atoms with Gasteiger partial charge in [0.15, 0.2) is 0 Å². The van der Waals surface area contributed by atoms with Crippen molar-refractivity contribution in [3.05, 3.63) is 0 Å². The van der Waals surface area contributed by atoms with Crippen LogP contribution in [-0.2, 0) is 9.59 Å². The summed E-state index contributed by atoms with van der Waals surface area (Å²) in [4.78, 5) is 22.0. The molecule has 0 amide bonds. The van der Waals surface area contributed by atoms with Gasteiger partial charge in [0.05, 0.1) is 30.4 Å². The van der Waals surface area contributed by atoms with E-state index < -0.39 is 11.8 Å². The van der Waals surface area contributed by atoms with Crippen LogP contribution in [0.4, 0.5) is 0 Å². The van der Waals surface area contributed by atoms with E-state index in [0.29, 0.717) is 0 Å². The zero-order valence-corrected chi connectivity index (χ0v) is 7.57. The van der Waals surface area contributed by atoms with Crippen molar-refractivity contribution in [1.29, 1.82) is 10.5 Å². The van der Waals surface area contributed by atoms with Gasteiger partial charge in [0.1, 0.15) is 11.6 Å². The van der Waals surface area contributed by atoms with E-state index in [1.165, 1.54) is 13.8 Å². The van der Waals surface area contributed by atoms with Crippen LogP contribution in [0.5, 0.6) is 0 Å². The largest absolute Gasteiger partial charge is 0.299 e. The highest BCUT2D eigenvalue weighted by Crippen LogP contribution is 2.17. The monoisotopic (exact) mass is 178 g/mol. The highest BCUT2D eigenvalue weighted by atomic mass is 16.1. The first kappa shape index (κ1) is 11.3. The molecule has 0 aromatic rings. The molecule has 4 nitrogen and oxygen atoms in total. The van der Waals surface area contributed by atoms with Gasteiger partial charge in [0, 0.05) is 0 Å². The number of nitriles is 2. The molecule has 0 N–H and O–H groups in total. The lowest BCUT2D eigenvalue weighted by atomic mass is 9.85. The van der Waals surface area contributed by atoms with E-state index in [1.54, 1.807) is 12.1 Å². The number of rotatable bonds is 4. The molecule has 0 aliphatic rings. The van der Waals surface area contributed by atoms with Crippen LogP contribution in [0.1, 0.15) is 20.3 Å². The minimum Gasteiger partial charge on any atom is -0.299 e. The predicted molar refractivity (Wildman–Crippen MR) is 44.2 cm³/mol. The lowest BCUT2D eigenvalue weighted by molar-refractivity contribution is -0.131. The van der Waals surface area contributed by atoms with Crippen LogP contribution >= 0.6 is 0 Å². The van der Waals surface area contributed by atoms with Crippen LogP contribution in [0.2, 0.25) is 0 Å². The quantitative estimate of drug-likeness (QED) is 0.597. The summed E-state index contributed by atoms with van der Waals surface area (Å²) in [5, 5.41) is 17.0. The van der Waals surface area contributed by atoms with E-state index in [9.17, 15) is 9.59 Å². The highest BCUT2D eigenvalue weighted by molar-refractivity contribution is 6.00. The van der Waals surface area contributed by atoms with Crippen molar-refractivity contribution in [2.75, 3.05) is 0 Å². The van der Waals surface area contributed by atoms with Gasteiger partial charge in [-0.2, -0.15) is 10.5 Å². The number of carbonyl (C=O) groups is 2. The highest BCUT2D eigenvalue weighted by Gasteiger charge is 2.29. The second-order valence-electron chi connectivity index (χ2n) is 2.80. The Kier molecular flexibility index (Phi) is 4.40. The maximum absolute atomic E-state index is 11.0. The van der Waals surface area contributed by atoms with E-state index in [0.717, 1.165) is 0 Å². The first-order valence-electron chi connectivity index (χ1n) is 3.82. The molecule has 0 heterocycles. The molecule has 4 heteroatoms. The van der Waals surface area contributed by atoms with Gasteiger partial charge >= 0.3 is 0 Å². The SMILES string of the molecule is CC(=O)C(C(C)=O)C(C#N)CC#N. The maximum atomic E-state index is 11.0. The lowest BCUT2D eigenvalue weighted by Gasteiger charge is -2.12. The van der Waals surface area contributed by atoms with Gasteiger partial charge < -0.3 is 0 Å². The van der Waals surface area contributed by atoms with Gasteiger partial charge in [-0.15, -0.1) is 0 Å². The van der Waals surface area contributed by atoms with Gasteiger partial charge in [-0.1, -0.05) is 0 Å². The molecule has 0 rings (SSSR count). The second kappa shape index (κ2) is 5.05. The molecule has 0 bridgehead atoms. The Morgan fingerprint density at radius 1 is 1.23 bits per heavy atom.